The number of ether oxygens (including phenoxy) is 3. The molecule has 0 aliphatic carbocycles. The lowest BCUT2D eigenvalue weighted by molar-refractivity contribution is 0.0976. The number of imidazole rings is 1. The third kappa shape index (κ3) is 7.94. The van der Waals surface area contributed by atoms with Gasteiger partial charge in [-0.25, -0.2) is 4.98 Å². The fourth-order valence-corrected chi connectivity index (χ4v) is 1.59. The molecule has 0 amide bonds. The number of rotatable bonds is 12. The van der Waals surface area contributed by atoms with Crippen LogP contribution in [0.25, 0.3) is 0 Å². The van der Waals surface area contributed by atoms with Crippen LogP contribution in [0.3, 0.4) is 0 Å². The zero-order chi connectivity index (χ0) is 13.8. The molecular weight excluding hydrogens is 246 g/mol. The van der Waals surface area contributed by atoms with E-state index < -0.39 is 0 Å². The van der Waals surface area contributed by atoms with Crippen molar-refractivity contribution >= 4 is 0 Å². The summed E-state index contributed by atoms with van der Waals surface area (Å²) < 4.78 is 17.5. The molecule has 1 aromatic rings. The van der Waals surface area contributed by atoms with Crippen molar-refractivity contribution in [2.24, 2.45) is 0 Å². The number of nitrogens with one attached hydrogen (secondary N) is 1. The molecule has 0 fully saturated rings. The van der Waals surface area contributed by atoms with Gasteiger partial charge in [-0.15, -0.1) is 0 Å². The molecule has 1 N–H and O–H groups in total. The Labute approximate surface area is 115 Å². The maximum Gasteiger partial charge on any atom is 0.0950 e. The highest BCUT2D eigenvalue weighted by atomic mass is 16.5. The van der Waals surface area contributed by atoms with Gasteiger partial charge in [0.05, 0.1) is 25.2 Å². The highest BCUT2D eigenvalue weighted by Crippen LogP contribution is 1.96. The molecule has 0 bridgehead atoms. The molecule has 0 spiro atoms. The third-order valence-electron chi connectivity index (χ3n) is 2.61. The minimum Gasteiger partial charge on any atom is -0.385 e. The number of methoxy groups -OCH3 is 2. The van der Waals surface area contributed by atoms with Gasteiger partial charge in [-0.1, -0.05) is 0 Å². The molecule has 0 aromatic carbocycles. The first-order valence-corrected chi connectivity index (χ1v) is 6.63. The van der Waals surface area contributed by atoms with Gasteiger partial charge in [0.1, 0.15) is 0 Å². The second-order valence-corrected chi connectivity index (χ2v) is 4.23. The largest absolute Gasteiger partial charge is 0.385 e. The Morgan fingerprint density at radius 1 is 1.16 bits per heavy atom. The molecule has 110 valence electrons. The summed E-state index contributed by atoms with van der Waals surface area (Å²) in [6.45, 7) is 5.36. The van der Waals surface area contributed by atoms with Crippen LogP contribution in [0, 0.1) is 0 Å². The van der Waals surface area contributed by atoms with E-state index in [1.807, 2.05) is 17.1 Å². The van der Waals surface area contributed by atoms with Crippen LogP contribution in [0.1, 0.15) is 12.1 Å². The summed E-state index contributed by atoms with van der Waals surface area (Å²) in [4.78, 5) is 4.33. The van der Waals surface area contributed by atoms with Crippen LogP contribution < -0.4 is 5.32 Å². The number of nitrogens with zero attached hydrogens (tertiary/aromatic N) is 2. The van der Waals surface area contributed by atoms with Gasteiger partial charge in [0.2, 0.25) is 0 Å². The Morgan fingerprint density at radius 2 is 2.00 bits per heavy atom. The SMILES string of the molecule is COCCCOCCn1cnc(CNCCOC)c1. The van der Waals surface area contributed by atoms with Crippen LogP contribution in [-0.2, 0) is 27.3 Å². The number of aromatic nitrogens is 2. The molecule has 0 radical (unpaired) electrons. The molecule has 0 aliphatic heterocycles. The second kappa shape index (κ2) is 10.9. The van der Waals surface area contributed by atoms with Crippen molar-refractivity contribution in [3.63, 3.8) is 0 Å². The molecule has 1 rings (SSSR count). The summed E-state index contributed by atoms with van der Waals surface area (Å²) in [5, 5.41) is 3.26. The summed E-state index contributed by atoms with van der Waals surface area (Å²) in [5.41, 5.74) is 1.04. The van der Waals surface area contributed by atoms with Gasteiger partial charge in [0, 0.05) is 53.3 Å². The predicted molar refractivity (Wildman–Crippen MR) is 73.1 cm³/mol. The Balaban J connectivity index is 2.06. The first-order chi connectivity index (χ1) is 9.36. The average Bonchev–Trinajstić information content (AvgIpc) is 2.87. The number of hydrogen-bond acceptors (Lipinski definition) is 5. The van der Waals surface area contributed by atoms with E-state index in [2.05, 4.69) is 10.3 Å². The van der Waals surface area contributed by atoms with Crippen LogP contribution in [0.15, 0.2) is 12.5 Å². The lowest BCUT2D eigenvalue weighted by Crippen LogP contribution is -2.18. The molecule has 1 heterocycles. The standard InChI is InChI=1S/C13H25N3O3/c1-17-6-3-7-19-9-5-16-11-13(15-12-16)10-14-4-8-18-2/h11-12,14H,3-10H2,1-2H3. The van der Waals surface area contributed by atoms with Gasteiger partial charge in [-0.2, -0.15) is 0 Å². The van der Waals surface area contributed by atoms with E-state index in [4.69, 9.17) is 14.2 Å². The highest BCUT2D eigenvalue weighted by Gasteiger charge is 1.98. The molecule has 1 aromatic heterocycles. The van der Waals surface area contributed by atoms with Gasteiger partial charge in [-0.3, -0.25) is 0 Å². The first-order valence-electron chi connectivity index (χ1n) is 6.63. The molecule has 6 heteroatoms. The quantitative estimate of drug-likeness (QED) is 0.566. The van der Waals surface area contributed by atoms with Gasteiger partial charge in [-0.05, 0) is 6.42 Å². The van der Waals surface area contributed by atoms with Gasteiger partial charge >= 0.3 is 0 Å². The lowest BCUT2D eigenvalue weighted by atomic mass is 10.4. The van der Waals surface area contributed by atoms with Crippen LogP contribution in [0.2, 0.25) is 0 Å². The van der Waals surface area contributed by atoms with E-state index in [-0.39, 0.29) is 0 Å². The zero-order valence-corrected chi connectivity index (χ0v) is 11.9. The van der Waals surface area contributed by atoms with Gasteiger partial charge < -0.3 is 24.1 Å². The Bertz CT molecular complexity index is 318. The molecule has 0 aliphatic rings. The fourth-order valence-electron chi connectivity index (χ4n) is 1.59. The highest BCUT2D eigenvalue weighted by molar-refractivity contribution is 4.95. The molecule has 0 unspecified atom stereocenters. The van der Waals surface area contributed by atoms with Gasteiger partial charge in [0.25, 0.3) is 0 Å². The van der Waals surface area contributed by atoms with Crippen molar-refractivity contribution in [2.45, 2.75) is 19.5 Å². The van der Waals surface area contributed by atoms with E-state index in [9.17, 15) is 0 Å². The molecule has 19 heavy (non-hydrogen) atoms. The third-order valence-corrected chi connectivity index (χ3v) is 2.61. The van der Waals surface area contributed by atoms with E-state index >= 15 is 0 Å². The zero-order valence-electron chi connectivity index (χ0n) is 11.9. The van der Waals surface area contributed by atoms with Gasteiger partial charge in [0.15, 0.2) is 0 Å². The van der Waals surface area contributed by atoms with Crippen molar-refractivity contribution in [1.82, 2.24) is 14.9 Å². The summed E-state index contributed by atoms with van der Waals surface area (Å²) in [6.07, 6.45) is 4.82. The van der Waals surface area contributed by atoms with E-state index in [0.29, 0.717) is 6.61 Å². The Morgan fingerprint density at radius 3 is 2.79 bits per heavy atom. The second-order valence-electron chi connectivity index (χ2n) is 4.23. The van der Waals surface area contributed by atoms with Crippen LogP contribution >= 0.6 is 0 Å². The smallest absolute Gasteiger partial charge is 0.0950 e. The van der Waals surface area contributed by atoms with Crippen molar-refractivity contribution in [1.29, 1.82) is 0 Å². The summed E-state index contributed by atoms with van der Waals surface area (Å²) in [6, 6.07) is 0. The molecule has 6 nitrogen and oxygen atoms in total. The summed E-state index contributed by atoms with van der Waals surface area (Å²) >= 11 is 0. The molecular formula is C13H25N3O3. The van der Waals surface area contributed by atoms with E-state index in [1.165, 1.54) is 0 Å². The van der Waals surface area contributed by atoms with Crippen molar-refractivity contribution in [2.75, 3.05) is 47.2 Å². The summed E-state index contributed by atoms with van der Waals surface area (Å²) in [7, 11) is 3.40. The van der Waals surface area contributed by atoms with E-state index in [0.717, 1.165) is 51.6 Å². The van der Waals surface area contributed by atoms with Crippen molar-refractivity contribution in [3.05, 3.63) is 18.2 Å². The topological polar surface area (TPSA) is 57.5 Å². The minimum absolute atomic E-state index is 0.705. The van der Waals surface area contributed by atoms with E-state index in [1.54, 1.807) is 14.2 Å². The average molecular weight is 271 g/mol. The molecule has 0 saturated carbocycles. The Hall–Kier alpha value is -0.950. The molecule has 0 atom stereocenters. The van der Waals surface area contributed by atoms with Crippen molar-refractivity contribution in [3.8, 4) is 0 Å². The number of hydrogen-bond donors (Lipinski definition) is 1. The molecule has 0 saturated heterocycles. The van der Waals surface area contributed by atoms with Crippen LogP contribution in [-0.4, -0.2) is 56.7 Å². The normalized spacial score (nSPS) is 11.1. The first kappa shape index (κ1) is 16.1. The Kier molecular flexibility index (Phi) is 9.26. The maximum atomic E-state index is 5.50. The summed E-state index contributed by atoms with van der Waals surface area (Å²) in [5.74, 6) is 0. The minimum atomic E-state index is 0.705. The van der Waals surface area contributed by atoms with Crippen molar-refractivity contribution < 1.29 is 14.2 Å². The van der Waals surface area contributed by atoms with Crippen LogP contribution in [0.5, 0.6) is 0 Å². The fraction of sp³-hybridized carbons (Fsp3) is 0.769. The monoisotopic (exact) mass is 271 g/mol. The predicted octanol–water partition coefficient (Wildman–Crippen LogP) is 0.672. The van der Waals surface area contributed by atoms with Crippen LogP contribution in [0.4, 0.5) is 0 Å². The lowest BCUT2D eigenvalue weighted by Gasteiger charge is -2.04. The maximum absolute atomic E-state index is 5.50.